The number of aryl methyl sites for hydroxylation is 2. The van der Waals surface area contributed by atoms with Crippen molar-refractivity contribution in [3.63, 3.8) is 0 Å². The molecule has 0 saturated carbocycles. The third-order valence-electron chi connectivity index (χ3n) is 3.92. The Kier molecular flexibility index (Phi) is 4.07. The maximum atomic E-state index is 6.04. The van der Waals surface area contributed by atoms with Gasteiger partial charge in [0.1, 0.15) is 0 Å². The Morgan fingerprint density at radius 2 is 1.68 bits per heavy atom. The molecule has 112 valence electrons. The van der Waals surface area contributed by atoms with Crippen LogP contribution < -0.4 is 5.73 Å². The molecule has 2 aromatic carbocycles. The molecule has 0 spiro atoms. The molecule has 0 bridgehead atoms. The summed E-state index contributed by atoms with van der Waals surface area (Å²) in [6.07, 6.45) is 0. The molecule has 0 radical (unpaired) electrons. The average Bonchev–Trinajstić information content (AvgIpc) is 2.98. The minimum atomic E-state index is 0.142. The van der Waals surface area contributed by atoms with E-state index in [0.717, 1.165) is 17.0 Å². The number of hydrogen-bond acceptors (Lipinski definition) is 2. The monoisotopic (exact) mass is 291 g/mol. The lowest BCUT2D eigenvalue weighted by atomic mass is 9.92. The van der Waals surface area contributed by atoms with Gasteiger partial charge >= 0.3 is 0 Å². The summed E-state index contributed by atoms with van der Waals surface area (Å²) in [5.74, 6) is 0.142. The summed E-state index contributed by atoms with van der Waals surface area (Å²) in [6, 6.07) is 18.9. The second kappa shape index (κ2) is 6.16. The van der Waals surface area contributed by atoms with E-state index < -0.39 is 0 Å². The molecule has 0 aliphatic rings. The molecule has 1 aromatic heterocycles. The van der Waals surface area contributed by atoms with E-state index in [0.29, 0.717) is 6.54 Å². The molecule has 3 nitrogen and oxygen atoms in total. The average molecular weight is 291 g/mol. The normalized spacial score (nSPS) is 12.3. The van der Waals surface area contributed by atoms with Crippen LogP contribution in [0.1, 0.15) is 28.3 Å². The quantitative estimate of drug-likeness (QED) is 0.768. The molecule has 0 fully saturated rings. The van der Waals surface area contributed by atoms with Gasteiger partial charge in [0, 0.05) is 23.7 Å². The lowest BCUT2D eigenvalue weighted by Gasteiger charge is -2.15. The highest BCUT2D eigenvalue weighted by Gasteiger charge is 2.16. The molecule has 22 heavy (non-hydrogen) atoms. The Morgan fingerprint density at radius 3 is 2.32 bits per heavy atom. The first-order valence-corrected chi connectivity index (χ1v) is 7.56. The van der Waals surface area contributed by atoms with Crippen LogP contribution in [0.2, 0.25) is 0 Å². The number of nitrogens with one attached hydrogen (secondary N) is 1. The summed E-state index contributed by atoms with van der Waals surface area (Å²) in [6.45, 7) is 4.79. The summed E-state index contributed by atoms with van der Waals surface area (Å²) in [4.78, 5) is 0. The fraction of sp³-hybridized carbons (Fsp3) is 0.211. The van der Waals surface area contributed by atoms with Crippen molar-refractivity contribution in [2.24, 2.45) is 5.73 Å². The Bertz CT molecular complexity index is 739. The molecular formula is C19H21N3. The molecule has 3 heteroatoms. The largest absolute Gasteiger partial charge is 0.329 e. The summed E-state index contributed by atoms with van der Waals surface area (Å²) in [5, 5.41) is 7.61. The zero-order chi connectivity index (χ0) is 15.5. The van der Waals surface area contributed by atoms with Gasteiger partial charge in [-0.2, -0.15) is 5.10 Å². The van der Waals surface area contributed by atoms with E-state index in [1.54, 1.807) is 0 Å². The van der Waals surface area contributed by atoms with Crippen LogP contribution in [0.4, 0.5) is 0 Å². The third-order valence-corrected chi connectivity index (χ3v) is 3.92. The minimum Gasteiger partial charge on any atom is -0.329 e. The highest BCUT2D eigenvalue weighted by Crippen LogP contribution is 2.27. The first-order valence-electron chi connectivity index (χ1n) is 7.56. The molecule has 0 aliphatic carbocycles. The molecule has 3 aromatic rings. The Hall–Kier alpha value is -2.39. The number of benzene rings is 2. The van der Waals surface area contributed by atoms with Crippen molar-refractivity contribution in [3.8, 4) is 11.3 Å². The van der Waals surface area contributed by atoms with E-state index in [1.165, 1.54) is 16.7 Å². The zero-order valence-electron chi connectivity index (χ0n) is 13.0. The van der Waals surface area contributed by atoms with Crippen LogP contribution in [-0.4, -0.2) is 16.7 Å². The van der Waals surface area contributed by atoms with E-state index in [9.17, 15) is 0 Å². The van der Waals surface area contributed by atoms with Gasteiger partial charge < -0.3 is 5.73 Å². The highest BCUT2D eigenvalue weighted by molar-refractivity contribution is 5.59. The molecule has 0 aliphatic heterocycles. The molecule has 0 amide bonds. The van der Waals surface area contributed by atoms with Gasteiger partial charge in [0.05, 0.1) is 5.69 Å². The predicted octanol–water partition coefficient (Wildman–Crippen LogP) is 3.78. The highest BCUT2D eigenvalue weighted by atomic mass is 15.1. The van der Waals surface area contributed by atoms with Gasteiger partial charge in [-0.1, -0.05) is 59.7 Å². The van der Waals surface area contributed by atoms with Crippen molar-refractivity contribution in [1.29, 1.82) is 0 Å². The summed E-state index contributed by atoms with van der Waals surface area (Å²) >= 11 is 0. The van der Waals surface area contributed by atoms with Crippen molar-refractivity contribution in [1.82, 2.24) is 10.2 Å². The van der Waals surface area contributed by atoms with Crippen LogP contribution >= 0.6 is 0 Å². The van der Waals surface area contributed by atoms with Gasteiger partial charge in [0.2, 0.25) is 0 Å². The number of nitrogens with zero attached hydrogens (tertiary/aromatic N) is 1. The standard InChI is InChI=1S/C19H21N3/c1-13-8-14(2)10-16(9-13)17(12-20)19-11-18(21-22-19)15-6-4-3-5-7-15/h3-11,17H,12,20H2,1-2H3,(H,21,22). The van der Waals surface area contributed by atoms with Gasteiger partial charge in [-0.15, -0.1) is 0 Å². The second-order valence-corrected chi connectivity index (χ2v) is 5.78. The van der Waals surface area contributed by atoms with E-state index in [1.807, 2.05) is 18.2 Å². The first kappa shape index (κ1) is 14.5. The van der Waals surface area contributed by atoms with E-state index >= 15 is 0 Å². The zero-order valence-corrected chi connectivity index (χ0v) is 13.0. The van der Waals surface area contributed by atoms with E-state index in [-0.39, 0.29) is 5.92 Å². The summed E-state index contributed by atoms with van der Waals surface area (Å²) in [7, 11) is 0. The maximum absolute atomic E-state index is 6.04. The van der Waals surface area contributed by atoms with Gasteiger partial charge in [-0.05, 0) is 25.5 Å². The van der Waals surface area contributed by atoms with Crippen molar-refractivity contribution in [2.75, 3.05) is 6.54 Å². The lowest BCUT2D eigenvalue weighted by molar-refractivity contribution is 0.777. The van der Waals surface area contributed by atoms with Crippen LogP contribution in [0.15, 0.2) is 54.6 Å². The van der Waals surface area contributed by atoms with E-state index in [4.69, 9.17) is 5.73 Å². The number of hydrogen-bond donors (Lipinski definition) is 2. The van der Waals surface area contributed by atoms with Gasteiger partial charge in [-0.25, -0.2) is 0 Å². The first-order chi connectivity index (χ1) is 10.7. The third kappa shape index (κ3) is 2.95. The Balaban J connectivity index is 1.96. The summed E-state index contributed by atoms with van der Waals surface area (Å²) in [5.41, 5.74) is 12.9. The number of rotatable bonds is 4. The fourth-order valence-electron chi connectivity index (χ4n) is 2.93. The SMILES string of the molecule is Cc1cc(C)cc(C(CN)c2cc(-c3ccccc3)n[nH]2)c1. The number of aromatic amines is 1. The van der Waals surface area contributed by atoms with Crippen molar-refractivity contribution in [3.05, 3.63) is 77.0 Å². The van der Waals surface area contributed by atoms with Gasteiger partial charge in [-0.3, -0.25) is 5.10 Å². The summed E-state index contributed by atoms with van der Waals surface area (Å²) < 4.78 is 0. The molecule has 1 atom stereocenters. The lowest BCUT2D eigenvalue weighted by Crippen LogP contribution is -2.14. The predicted molar refractivity (Wildman–Crippen MR) is 90.8 cm³/mol. The van der Waals surface area contributed by atoms with Crippen molar-refractivity contribution >= 4 is 0 Å². The van der Waals surface area contributed by atoms with Crippen LogP contribution in [0.3, 0.4) is 0 Å². The number of nitrogens with two attached hydrogens (primary N) is 1. The van der Waals surface area contributed by atoms with Crippen molar-refractivity contribution < 1.29 is 0 Å². The molecular weight excluding hydrogens is 270 g/mol. The smallest absolute Gasteiger partial charge is 0.0923 e. The molecule has 1 unspecified atom stereocenters. The fourth-order valence-corrected chi connectivity index (χ4v) is 2.93. The molecule has 3 rings (SSSR count). The number of aromatic nitrogens is 2. The van der Waals surface area contributed by atoms with Gasteiger partial charge in [0.15, 0.2) is 0 Å². The van der Waals surface area contributed by atoms with Gasteiger partial charge in [0.25, 0.3) is 0 Å². The van der Waals surface area contributed by atoms with Crippen LogP contribution in [-0.2, 0) is 0 Å². The molecule has 0 saturated heterocycles. The Morgan fingerprint density at radius 1 is 1.00 bits per heavy atom. The Labute approximate surface area is 131 Å². The maximum Gasteiger partial charge on any atom is 0.0923 e. The topological polar surface area (TPSA) is 54.7 Å². The molecule has 1 heterocycles. The van der Waals surface area contributed by atoms with Crippen LogP contribution in [0.25, 0.3) is 11.3 Å². The van der Waals surface area contributed by atoms with Crippen LogP contribution in [0.5, 0.6) is 0 Å². The van der Waals surface area contributed by atoms with Crippen molar-refractivity contribution in [2.45, 2.75) is 19.8 Å². The minimum absolute atomic E-state index is 0.142. The molecule has 3 N–H and O–H groups in total. The van der Waals surface area contributed by atoms with E-state index in [2.05, 4.69) is 60.4 Å². The number of H-pyrrole nitrogens is 1. The second-order valence-electron chi connectivity index (χ2n) is 5.78. The van der Waals surface area contributed by atoms with Crippen LogP contribution in [0, 0.1) is 13.8 Å².